The van der Waals surface area contributed by atoms with Crippen molar-refractivity contribution in [2.24, 2.45) is 0 Å². The van der Waals surface area contributed by atoms with Crippen molar-refractivity contribution in [1.29, 1.82) is 0 Å². The number of nitrogens with zero attached hydrogens (tertiary/aromatic N) is 1. The molecule has 5 aromatic rings. The van der Waals surface area contributed by atoms with Crippen molar-refractivity contribution in [3.63, 3.8) is 0 Å². The van der Waals surface area contributed by atoms with Crippen LogP contribution in [0.3, 0.4) is 0 Å². The zero-order chi connectivity index (χ0) is 20.5. The van der Waals surface area contributed by atoms with Crippen LogP contribution in [0.5, 0.6) is 0 Å². The first kappa shape index (κ1) is 17.5. The van der Waals surface area contributed by atoms with Gasteiger partial charge in [0.15, 0.2) is 0 Å². The molecule has 1 aliphatic carbocycles. The minimum Gasteiger partial charge on any atom is -0.335 e. The fourth-order valence-corrected chi connectivity index (χ4v) is 5.35. The summed E-state index contributed by atoms with van der Waals surface area (Å²) in [7, 11) is 0. The molecule has 0 spiro atoms. The normalized spacial score (nSPS) is 13.0. The summed E-state index contributed by atoms with van der Waals surface area (Å²) in [6.45, 7) is 6.95. The van der Waals surface area contributed by atoms with Crippen LogP contribution in [0.4, 0.5) is 0 Å². The Morgan fingerprint density at radius 3 is 2.10 bits per heavy atom. The van der Waals surface area contributed by atoms with E-state index < -0.39 is 0 Å². The minimum absolute atomic E-state index is 0.00745. The van der Waals surface area contributed by atoms with E-state index in [0.717, 1.165) is 6.42 Å². The minimum atomic E-state index is 0.00745. The van der Waals surface area contributed by atoms with Crippen molar-refractivity contribution in [2.45, 2.75) is 32.7 Å². The standard InChI is InChI=1S/C29H25N/c1-29(2,3)30-27-15-8-7-12-23(27)24-17-16-22-21-14-9-13-20(19-10-5-4-6-11-19)25(21)18-26(22)28(24)30/h4-17H,18H2,1-3H3. The lowest BCUT2D eigenvalue weighted by atomic mass is 9.96. The molecular formula is C29H25N. The molecule has 1 nitrogen and oxygen atoms in total. The van der Waals surface area contributed by atoms with Crippen molar-refractivity contribution in [2.75, 3.05) is 0 Å². The maximum Gasteiger partial charge on any atom is 0.0538 e. The van der Waals surface area contributed by atoms with Crippen LogP contribution in [0, 0.1) is 0 Å². The van der Waals surface area contributed by atoms with Gasteiger partial charge in [0.25, 0.3) is 0 Å². The van der Waals surface area contributed by atoms with Gasteiger partial charge in [0, 0.05) is 28.2 Å². The van der Waals surface area contributed by atoms with Crippen LogP contribution in [0.1, 0.15) is 31.9 Å². The van der Waals surface area contributed by atoms with Gasteiger partial charge >= 0.3 is 0 Å². The van der Waals surface area contributed by atoms with Crippen molar-refractivity contribution >= 4 is 21.8 Å². The summed E-state index contributed by atoms with van der Waals surface area (Å²) in [6.07, 6.45) is 0.986. The predicted octanol–water partition coefficient (Wildman–Crippen LogP) is 7.79. The maximum atomic E-state index is 2.56. The van der Waals surface area contributed by atoms with Crippen LogP contribution in [0.2, 0.25) is 0 Å². The number of benzene rings is 4. The average Bonchev–Trinajstić information content (AvgIpc) is 3.30. The topological polar surface area (TPSA) is 4.93 Å². The van der Waals surface area contributed by atoms with Gasteiger partial charge in [-0.3, -0.25) is 0 Å². The molecule has 146 valence electrons. The monoisotopic (exact) mass is 387 g/mol. The Balaban J connectivity index is 1.69. The van der Waals surface area contributed by atoms with Crippen molar-refractivity contribution in [3.8, 4) is 22.3 Å². The fourth-order valence-electron chi connectivity index (χ4n) is 5.35. The van der Waals surface area contributed by atoms with Crippen LogP contribution in [-0.4, -0.2) is 4.57 Å². The van der Waals surface area contributed by atoms with E-state index >= 15 is 0 Å². The molecule has 6 rings (SSSR count). The second-order valence-corrected chi connectivity index (χ2v) is 9.39. The van der Waals surface area contributed by atoms with Crippen LogP contribution >= 0.6 is 0 Å². The molecule has 0 amide bonds. The van der Waals surface area contributed by atoms with Gasteiger partial charge < -0.3 is 4.57 Å². The third kappa shape index (κ3) is 2.35. The number of aromatic nitrogens is 1. The summed E-state index contributed by atoms with van der Waals surface area (Å²) in [5.41, 5.74) is 11.1. The number of rotatable bonds is 1. The first-order chi connectivity index (χ1) is 14.5. The number of hydrogen-bond donors (Lipinski definition) is 0. The van der Waals surface area contributed by atoms with E-state index in [-0.39, 0.29) is 5.54 Å². The van der Waals surface area contributed by atoms with E-state index in [2.05, 4.69) is 110 Å². The van der Waals surface area contributed by atoms with Gasteiger partial charge in [-0.05, 0) is 60.2 Å². The van der Waals surface area contributed by atoms with Crippen molar-refractivity contribution < 1.29 is 0 Å². The highest BCUT2D eigenvalue weighted by Gasteiger charge is 2.28. The summed E-state index contributed by atoms with van der Waals surface area (Å²) >= 11 is 0. The van der Waals surface area contributed by atoms with Crippen LogP contribution in [0.15, 0.2) is 84.9 Å². The van der Waals surface area contributed by atoms with Gasteiger partial charge in [-0.15, -0.1) is 0 Å². The Kier molecular flexibility index (Phi) is 3.56. The van der Waals surface area contributed by atoms with Crippen LogP contribution < -0.4 is 0 Å². The Hall–Kier alpha value is -3.32. The molecule has 0 atom stereocenters. The Morgan fingerprint density at radius 1 is 0.600 bits per heavy atom. The second kappa shape index (κ2) is 6.09. The summed E-state index contributed by atoms with van der Waals surface area (Å²) in [5.74, 6) is 0. The second-order valence-electron chi connectivity index (χ2n) is 9.39. The van der Waals surface area contributed by atoms with E-state index in [0.29, 0.717) is 0 Å². The lowest BCUT2D eigenvalue weighted by Crippen LogP contribution is -2.21. The van der Waals surface area contributed by atoms with Gasteiger partial charge in [0.05, 0.1) is 5.52 Å². The fraction of sp³-hybridized carbons (Fsp3) is 0.172. The van der Waals surface area contributed by atoms with E-state index in [1.165, 1.54) is 55.2 Å². The quantitative estimate of drug-likeness (QED) is 0.271. The summed E-state index contributed by atoms with van der Waals surface area (Å²) in [5, 5.41) is 2.72. The van der Waals surface area contributed by atoms with Crippen molar-refractivity contribution in [3.05, 3.63) is 96.1 Å². The largest absolute Gasteiger partial charge is 0.335 e. The first-order valence-corrected chi connectivity index (χ1v) is 10.8. The first-order valence-electron chi connectivity index (χ1n) is 10.8. The van der Waals surface area contributed by atoms with Gasteiger partial charge in [-0.2, -0.15) is 0 Å². The molecule has 0 unspecified atom stereocenters. The Morgan fingerprint density at radius 2 is 1.30 bits per heavy atom. The molecule has 0 radical (unpaired) electrons. The molecule has 1 aliphatic rings. The average molecular weight is 388 g/mol. The molecule has 1 heteroatoms. The van der Waals surface area contributed by atoms with E-state index in [1.807, 2.05) is 0 Å². The van der Waals surface area contributed by atoms with Gasteiger partial charge in [0.1, 0.15) is 0 Å². The molecular weight excluding hydrogens is 362 g/mol. The molecule has 30 heavy (non-hydrogen) atoms. The lowest BCUT2D eigenvalue weighted by molar-refractivity contribution is 0.423. The van der Waals surface area contributed by atoms with Crippen LogP contribution in [0.25, 0.3) is 44.1 Å². The van der Waals surface area contributed by atoms with Crippen LogP contribution in [-0.2, 0) is 12.0 Å². The summed E-state index contributed by atoms with van der Waals surface area (Å²) in [6, 6.07) is 31.1. The summed E-state index contributed by atoms with van der Waals surface area (Å²) < 4.78 is 2.56. The molecule has 0 fully saturated rings. The Bertz CT molecular complexity index is 1430. The molecule has 4 aromatic carbocycles. The highest BCUT2D eigenvalue weighted by molar-refractivity contribution is 6.11. The van der Waals surface area contributed by atoms with E-state index in [4.69, 9.17) is 0 Å². The zero-order valence-electron chi connectivity index (χ0n) is 17.7. The van der Waals surface area contributed by atoms with Gasteiger partial charge in [0.2, 0.25) is 0 Å². The van der Waals surface area contributed by atoms with Gasteiger partial charge in [-0.1, -0.05) is 78.9 Å². The molecule has 0 N–H and O–H groups in total. The molecule has 0 aliphatic heterocycles. The highest BCUT2D eigenvalue weighted by atomic mass is 15.0. The smallest absolute Gasteiger partial charge is 0.0538 e. The SMILES string of the molecule is CC(C)(C)n1c2ccccc2c2ccc3c(c21)Cc1c(-c2ccccc2)cccc1-3. The number of hydrogen-bond acceptors (Lipinski definition) is 0. The third-order valence-corrected chi connectivity index (χ3v) is 6.52. The molecule has 1 heterocycles. The van der Waals surface area contributed by atoms with Gasteiger partial charge in [-0.25, -0.2) is 0 Å². The lowest BCUT2D eigenvalue weighted by Gasteiger charge is -2.25. The highest BCUT2D eigenvalue weighted by Crippen LogP contribution is 2.47. The maximum absolute atomic E-state index is 2.56. The number of fused-ring (bicyclic) bond motifs is 7. The van der Waals surface area contributed by atoms with Crippen molar-refractivity contribution in [1.82, 2.24) is 4.57 Å². The third-order valence-electron chi connectivity index (χ3n) is 6.52. The molecule has 0 saturated carbocycles. The molecule has 0 saturated heterocycles. The Labute approximate surface area is 177 Å². The predicted molar refractivity (Wildman–Crippen MR) is 128 cm³/mol. The molecule has 1 aromatic heterocycles. The zero-order valence-corrected chi connectivity index (χ0v) is 17.7. The van der Waals surface area contributed by atoms with E-state index in [1.54, 1.807) is 0 Å². The number of para-hydroxylation sites is 1. The summed E-state index contributed by atoms with van der Waals surface area (Å²) in [4.78, 5) is 0. The van der Waals surface area contributed by atoms with E-state index in [9.17, 15) is 0 Å². The molecule has 0 bridgehead atoms.